The Kier molecular flexibility index (Phi) is 3.13. The fourth-order valence-corrected chi connectivity index (χ4v) is 5.76. The zero-order valence-corrected chi connectivity index (χ0v) is 12.7. The molecule has 4 aliphatic rings. The fourth-order valence-electron chi connectivity index (χ4n) is 5.76. The fraction of sp³-hybridized carbons (Fsp3) is 0.706. The number of nitro groups is 1. The van der Waals surface area contributed by atoms with Gasteiger partial charge in [-0.25, -0.2) is 0 Å². The van der Waals surface area contributed by atoms with Crippen molar-refractivity contribution in [3.05, 3.63) is 38.8 Å². The Labute approximate surface area is 129 Å². The van der Waals surface area contributed by atoms with E-state index in [1.807, 2.05) is 0 Å². The Bertz CT molecular complexity index is 629. The highest BCUT2D eigenvalue weighted by Crippen LogP contribution is 2.61. The van der Waals surface area contributed by atoms with Gasteiger partial charge in [0.2, 0.25) is 0 Å². The zero-order chi connectivity index (χ0) is 15.3. The molecule has 4 fully saturated rings. The smallest absolute Gasteiger partial charge is 0.285 e. The van der Waals surface area contributed by atoms with E-state index in [4.69, 9.17) is 0 Å². The van der Waals surface area contributed by atoms with Gasteiger partial charge in [0.1, 0.15) is 0 Å². The highest BCUT2D eigenvalue weighted by Gasteiger charge is 2.50. The molecule has 5 rings (SSSR count). The Morgan fingerprint density at radius 1 is 1.14 bits per heavy atom. The summed E-state index contributed by atoms with van der Waals surface area (Å²) in [5, 5.41) is 10.9. The van der Waals surface area contributed by atoms with Gasteiger partial charge in [-0.2, -0.15) is 0 Å². The maximum absolute atomic E-state index is 12.0. The SMILES string of the molecule is O=c1ccc([N+](=O)[O-])cn1CCC12CC3CC(CC(C3)C1)C2. The van der Waals surface area contributed by atoms with Crippen molar-refractivity contribution in [2.24, 2.45) is 23.2 Å². The van der Waals surface area contributed by atoms with E-state index in [-0.39, 0.29) is 11.2 Å². The molecular formula is C17H22N2O3. The summed E-state index contributed by atoms with van der Waals surface area (Å²) < 4.78 is 1.54. The minimum atomic E-state index is -0.430. The van der Waals surface area contributed by atoms with Crippen LogP contribution in [-0.4, -0.2) is 9.49 Å². The highest BCUT2D eigenvalue weighted by molar-refractivity contribution is 5.24. The monoisotopic (exact) mass is 302 g/mol. The second-order valence-electron chi connectivity index (χ2n) is 7.84. The van der Waals surface area contributed by atoms with Crippen LogP contribution in [0.4, 0.5) is 5.69 Å². The predicted molar refractivity (Wildman–Crippen MR) is 82.6 cm³/mol. The van der Waals surface area contributed by atoms with Crippen LogP contribution >= 0.6 is 0 Å². The summed E-state index contributed by atoms with van der Waals surface area (Å²) in [5.74, 6) is 2.69. The predicted octanol–water partition coefficient (Wildman–Crippen LogP) is 3.36. The van der Waals surface area contributed by atoms with Gasteiger partial charge >= 0.3 is 0 Å². The van der Waals surface area contributed by atoms with E-state index in [1.165, 1.54) is 61.4 Å². The van der Waals surface area contributed by atoms with E-state index >= 15 is 0 Å². The molecule has 4 bridgehead atoms. The quantitative estimate of drug-likeness (QED) is 0.632. The highest BCUT2D eigenvalue weighted by atomic mass is 16.6. The summed E-state index contributed by atoms with van der Waals surface area (Å²) in [4.78, 5) is 22.4. The van der Waals surface area contributed by atoms with E-state index in [2.05, 4.69) is 0 Å². The lowest BCUT2D eigenvalue weighted by Crippen LogP contribution is -2.46. The normalized spacial score (nSPS) is 35.7. The van der Waals surface area contributed by atoms with E-state index in [0.717, 1.165) is 24.2 Å². The van der Waals surface area contributed by atoms with Crippen LogP contribution in [0.5, 0.6) is 0 Å². The molecule has 4 aliphatic carbocycles. The summed E-state index contributed by atoms with van der Waals surface area (Å²) in [7, 11) is 0. The molecule has 0 amide bonds. The van der Waals surface area contributed by atoms with Crippen LogP contribution in [0, 0.1) is 33.3 Å². The second kappa shape index (κ2) is 4.93. The third-order valence-electron chi connectivity index (χ3n) is 6.23. The van der Waals surface area contributed by atoms with Gasteiger partial charge < -0.3 is 4.57 Å². The number of rotatable bonds is 4. The Balaban J connectivity index is 1.52. The Morgan fingerprint density at radius 2 is 1.73 bits per heavy atom. The minimum Gasteiger partial charge on any atom is -0.309 e. The Hall–Kier alpha value is -1.65. The maximum Gasteiger partial charge on any atom is 0.285 e. The van der Waals surface area contributed by atoms with Crippen LogP contribution in [0.15, 0.2) is 23.1 Å². The summed E-state index contributed by atoms with van der Waals surface area (Å²) >= 11 is 0. The summed E-state index contributed by atoms with van der Waals surface area (Å²) in [6.07, 6.45) is 10.6. The van der Waals surface area contributed by atoms with Gasteiger partial charge in [-0.1, -0.05) is 0 Å². The van der Waals surface area contributed by atoms with Crippen molar-refractivity contribution in [3.8, 4) is 0 Å². The molecule has 22 heavy (non-hydrogen) atoms. The molecule has 0 unspecified atom stereocenters. The average Bonchev–Trinajstić information content (AvgIpc) is 2.44. The van der Waals surface area contributed by atoms with Crippen molar-refractivity contribution in [1.29, 1.82) is 0 Å². The molecule has 0 spiro atoms. The number of pyridine rings is 1. The Morgan fingerprint density at radius 3 is 2.27 bits per heavy atom. The molecule has 4 saturated carbocycles. The molecule has 5 heteroatoms. The van der Waals surface area contributed by atoms with Crippen LogP contribution in [0.2, 0.25) is 0 Å². The zero-order valence-electron chi connectivity index (χ0n) is 12.7. The van der Waals surface area contributed by atoms with Gasteiger partial charge in [0.15, 0.2) is 0 Å². The third kappa shape index (κ3) is 2.36. The third-order valence-corrected chi connectivity index (χ3v) is 6.23. The van der Waals surface area contributed by atoms with Crippen molar-refractivity contribution < 1.29 is 4.92 Å². The molecule has 0 atom stereocenters. The molecule has 1 aromatic rings. The molecule has 118 valence electrons. The summed E-state index contributed by atoms with van der Waals surface area (Å²) in [5.41, 5.74) is 0.277. The van der Waals surface area contributed by atoms with Crippen molar-refractivity contribution >= 4 is 5.69 Å². The van der Waals surface area contributed by atoms with Gasteiger partial charge in [0.05, 0.1) is 11.1 Å². The van der Waals surface area contributed by atoms with Crippen molar-refractivity contribution in [3.63, 3.8) is 0 Å². The molecular weight excluding hydrogens is 280 g/mol. The van der Waals surface area contributed by atoms with Gasteiger partial charge in [-0.05, 0) is 68.1 Å². The summed E-state index contributed by atoms with van der Waals surface area (Å²) in [6.45, 7) is 0.618. The molecule has 1 aromatic heterocycles. The van der Waals surface area contributed by atoms with Crippen LogP contribution in [0.3, 0.4) is 0 Å². The molecule has 0 aliphatic heterocycles. The number of hydrogen-bond acceptors (Lipinski definition) is 3. The lowest BCUT2D eigenvalue weighted by Gasteiger charge is -2.57. The first-order valence-electron chi connectivity index (χ1n) is 8.38. The van der Waals surface area contributed by atoms with Crippen molar-refractivity contribution in [2.75, 3.05) is 0 Å². The van der Waals surface area contributed by atoms with Gasteiger partial charge in [-0.3, -0.25) is 14.9 Å². The minimum absolute atomic E-state index is 0.00473. The summed E-state index contributed by atoms with van der Waals surface area (Å²) in [6, 6.07) is 2.61. The van der Waals surface area contributed by atoms with E-state index in [0.29, 0.717) is 12.0 Å². The van der Waals surface area contributed by atoms with Gasteiger partial charge in [-0.15, -0.1) is 0 Å². The van der Waals surface area contributed by atoms with Crippen LogP contribution in [-0.2, 0) is 6.54 Å². The number of hydrogen-bond donors (Lipinski definition) is 0. The molecule has 0 saturated heterocycles. The topological polar surface area (TPSA) is 65.1 Å². The lowest BCUT2D eigenvalue weighted by molar-refractivity contribution is -0.385. The van der Waals surface area contributed by atoms with Crippen LogP contribution in [0.1, 0.15) is 44.9 Å². The second-order valence-corrected chi connectivity index (χ2v) is 7.84. The number of aromatic nitrogens is 1. The van der Waals surface area contributed by atoms with Crippen LogP contribution in [0.25, 0.3) is 0 Å². The van der Waals surface area contributed by atoms with Gasteiger partial charge in [0.25, 0.3) is 11.2 Å². The molecule has 0 aromatic carbocycles. The van der Waals surface area contributed by atoms with E-state index in [9.17, 15) is 14.9 Å². The molecule has 0 radical (unpaired) electrons. The van der Waals surface area contributed by atoms with E-state index in [1.54, 1.807) is 0 Å². The first-order chi connectivity index (χ1) is 10.5. The number of aryl methyl sites for hydroxylation is 1. The maximum atomic E-state index is 12.0. The largest absolute Gasteiger partial charge is 0.309 e. The van der Waals surface area contributed by atoms with Gasteiger partial charge in [0, 0.05) is 18.7 Å². The molecule has 1 heterocycles. The van der Waals surface area contributed by atoms with E-state index < -0.39 is 4.92 Å². The van der Waals surface area contributed by atoms with Crippen molar-refractivity contribution in [1.82, 2.24) is 4.57 Å². The standard InChI is InChI=1S/C17H22N2O3/c20-16-2-1-15(19(21)22)11-18(16)4-3-17-8-12-5-13(9-17)7-14(6-12)10-17/h1-2,11-14H,3-10H2. The lowest BCUT2D eigenvalue weighted by atomic mass is 9.49. The average molecular weight is 302 g/mol. The first-order valence-corrected chi connectivity index (χ1v) is 8.38. The molecule has 5 nitrogen and oxygen atoms in total. The van der Waals surface area contributed by atoms with Crippen molar-refractivity contribution in [2.45, 2.75) is 51.5 Å². The molecule has 0 N–H and O–H groups in total. The first kappa shape index (κ1) is 14.0. The number of nitrogens with zero attached hydrogens (tertiary/aromatic N) is 2. The van der Waals surface area contributed by atoms with Crippen LogP contribution < -0.4 is 5.56 Å².